The van der Waals surface area contributed by atoms with Gasteiger partial charge in [-0.1, -0.05) is 0 Å². The van der Waals surface area contributed by atoms with Gasteiger partial charge in [-0.25, -0.2) is 0 Å². The Morgan fingerprint density at radius 2 is 1.71 bits per heavy atom. The van der Waals surface area contributed by atoms with Gasteiger partial charge in [-0.05, 0) is 29.7 Å². The quantitative estimate of drug-likeness (QED) is 0.545. The van der Waals surface area contributed by atoms with E-state index in [1.165, 1.54) is 11.5 Å². The fourth-order valence-corrected chi connectivity index (χ4v) is 3.50. The lowest BCUT2D eigenvalue weighted by Crippen LogP contribution is -1.94. The molecule has 0 atom stereocenters. The van der Waals surface area contributed by atoms with Crippen molar-refractivity contribution in [3.63, 3.8) is 0 Å². The molecule has 1 aliphatic rings. The minimum atomic E-state index is 0.596. The molecule has 3 aromatic rings. The van der Waals surface area contributed by atoms with Gasteiger partial charge in [-0.15, -0.1) is 0 Å². The maximum atomic E-state index is 6.21. The van der Waals surface area contributed by atoms with Crippen LogP contribution in [-0.2, 0) is 0 Å². The first kappa shape index (κ1) is 14.8. The van der Waals surface area contributed by atoms with E-state index in [9.17, 15) is 0 Å². The summed E-state index contributed by atoms with van der Waals surface area (Å²) in [5.41, 5.74) is 3.69. The minimum absolute atomic E-state index is 0.596. The van der Waals surface area contributed by atoms with Gasteiger partial charge in [0.25, 0.3) is 0 Å². The second kappa shape index (κ2) is 5.72. The molecule has 0 saturated heterocycles. The molecule has 0 unspecified atom stereocenters. The molecule has 0 radical (unpaired) electrons. The molecular formula is C18H15NO4S. The van der Waals surface area contributed by atoms with Gasteiger partial charge in [0.2, 0.25) is 0 Å². The van der Waals surface area contributed by atoms with Gasteiger partial charge in [0.1, 0.15) is 17.2 Å². The number of hydrogen-bond donors (Lipinski definition) is 0. The number of ether oxygens (including phenoxy) is 4. The first-order valence-electron chi connectivity index (χ1n) is 7.32. The molecule has 5 nitrogen and oxygen atoms in total. The molecule has 0 spiro atoms. The van der Waals surface area contributed by atoms with E-state index in [2.05, 4.69) is 4.37 Å². The first-order valence-corrected chi connectivity index (χ1v) is 8.16. The SMILES string of the molecule is COc1ccc2c(c1)Oc1c(OC)cc(OC)cc1-c1nscc1-2. The van der Waals surface area contributed by atoms with E-state index in [1.807, 2.05) is 29.6 Å². The van der Waals surface area contributed by atoms with Crippen LogP contribution >= 0.6 is 11.5 Å². The fourth-order valence-electron chi connectivity index (χ4n) is 2.80. The summed E-state index contributed by atoms with van der Waals surface area (Å²) in [4.78, 5) is 0. The van der Waals surface area contributed by atoms with Crippen LogP contribution in [0.3, 0.4) is 0 Å². The Labute approximate surface area is 143 Å². The summed E-state index contributed by atoms with van der Waals surface area (Å²) in [5.74, 6) is 3.35. The highest BCUT2D eigenvalue weighted by atomic mass is 32.1. The van der Waals surface area contributed by atoms with Gasteiger partial charge in [0.05, 0.1) is 32.6 Å². The molecule has 0 bridgehead atoms. The van der Waals surface area contributed by atoms with Crippen LogP contribution in [0, 0.1) is 0 Å². The third-order valence-corrected chi connectivity index (χ3v) is 4.63. The van der Waals surface area contributed by atoms with Gasteiger partial charge in [-0.3, -0.25) is 0 Å². The van der Waals surface area contributed by atoms with Gasteiger partial charge >= 0.3 is 0 Å². The standard InChI is InChI=1S/C18H15NO4S/c1-20-10-4-5-12-14-9-24-19-17(14)13-6-11(21-2)8-16(22-3)18(13)23-15(12)7-10/h4-9H,1-3H3. The number of fused-ring (bicyclic) bond motifs is 5. The van der Waals surface area contributed by atoms with Gasteiger partial charge < -0.3 is 18.9 Å². The summed E-state index contributed by atoms with van der Waals surface area (Å²) in [6.07, 6.45) is 0. The molecule has 0 N–H and O–H groups in total. The van der Waals surface area contributed by atoms with Crippen LogP contribution in [0.15, 0.2) is 35.7 Å². The molecular weight excluding hydrogens is 326 g/mol. The third kappa shape index (κ3) is 2.18. The predicted molar refractivity (Wildman–Crippen MR) is 92.7 cm³/mol. The van der Waals surface area contributed by atoms with Gasteiger partial charge in [0, 0.05) is 28.6 Å². The van der Waals surface area contributed by atoms with Crippen LogP contribution in [0.1, 0.15) is 0 Å². The second-order valence-corrected chi connectivity index (χ2v) is 5.88. The van der Waals surface area contributed by atoms with Crippen molar-refractivity contribution in [3.05, 3.63) is 35.7 Å². The summed E-state index contributed by atoms with van der Waals surface area (Å²) in [7, 11) is 4.87. The molecule has 1 aromatic heterocycles. The zero-order valence-corrected chi connectivity index (χ0v) is 14.3. The molecule has 0 aliphatic carbocycles. The van der Waals surface area contributed by atoms with Crippen molar-refractivity contribution >= 4 is 11.5 Å². The van der Waals surface area contributed by atoms with Crippen LogP contribution in [0.5, 0.6) is 28.7 Å². The van der Waals surface area contributed by atoms with Gasteiger partial charge in [0.15, 0.2) is 11.5 Å². The van der Waals surface area contributed by atoms with Crippen molar-refractivity contribution in [2.45, 2.75) is 0 Å². The predicted octanol–water partition coefficient (Wildman–Crippen LogP) is 4.61. The normalized spacial score (nSPS) is 11.5. The van der Waals surface area contributed by atoms with Crippen LogP contribution in [0.4, 0.5) is 0 Å². The Kier molecular flexibility index (Phi) is 3.54. The van der Waals surface area contributed by atoms with E-state index in [0.717, 1.165) is 28.1 Å². The average Bonchev–Trinajstić information content (AvgIpc) is 3.06. The Balaban J connectivity index is 2.03. The highest BCUT2D eigenvalue weighted by molar-refractivity contribution is 7.04. The fraction of sp³-hybridized carbons (Fsp3) is 0.167. The van der Waals surface area contributed by atoms with E-state index < -0.39 is 0 Å². The van der Waals surface area contributed by atoms with E-state index in [-0.39, 0.29) is 0 Å². The number of aromatic nitrogens is 1. The maximum absolute atomic E-state index is 6.21. The van der Waals surface area contributed by atoms with Crippen molar-refractivity contribution in [2.24, 2.45) is 0 Å². The maximum Gasteiger partial charge on any atom is 0.179 e. The largest absolute Gasteiger partial charge is 0.497 e. The number of hydrogen-bond acceptors (Lipinski definition) is 6. The summed E-state index contributed by atoms with van der Waals surface area (Å²) in [5, 5.41) is 2.02. The first-order chi connectivity index (χ1) is 11.7. The number of benzene rings is 2. The van der Waals surface area contributed by atoms with Crippen molar-refractivity contribution in [2.75, 3.05) is 21.3 Å². The lowest BCUT2D eigenvalue weighted by atomic mass is 10.0. The summed E-state index contributed by atoms with van der Waals surface area (Å²) in [6.45, 7) is 0. The smallest absolute Gasteiger partial charge is 0.179 e. The van der Waals surface area contributed by atoms with Gasteiger partial charge in [-0.2, -0.15) is 4.37 Å². The van der Waals surface area contributed by atoms with Crippen LogP contribution in [-0.4, -0.2) is 25.7 Å². The Morgan fingerprint density at radius 1 is 0.875 bits per heavy atom. The Bertz CT molecular complexity index is 919. The zero-order chi connectivity index (χ0) is 16.7. The third-order valence-electron chi connectivity index (χ3n) is 4.00. The summed E-state index contributed by atoms with van der Waals surface area (Å²) in [6, 6.07) is 9.49. The van der Waals surface area contributed by atoms with E-state index in [1.54, 1.807) is 27.4 Å². The second-order valence-electron chi connectivity index (χ2n) is 5.25. The van der Waals surface area contributed by atoms with E-state index >= 15 is 0 Å². The lowest BCUT2D eigenvalue weighted by molar-refractivity contribution is 0.368. The molecule has 6 heteroatoms. The molecule has 4 rings (SSSR count). The highest BCUT2D eigenvalue weighted by Gasteiger charge is 2.26. The number of rotatable bonds is 3. The number of methoxy groups -OCH3 is 3. The minimum Gasteiger partial charge on any atom is -0.497 e. The molecule has 1 aliphatic heterocycles. The lowest BCUT2D eigenvalue weighted by Gasteiger charge is -2.14. The summed E-state index contributed by atoms with van der Waals surface area (Å²) >= 11 is 1.41. The molecule has 0 fully saturated rings. The van der Waals surface area contributed by atoms with Crippen molar-refractivity contribution < 1.29 is 18.9 Å². The van der Waals surface area contributed by atoms with Crippen LogP contribution in [0.25, 0.3) is 22.4 Å². The molecule has 24 heavy (non-hydrogen) atoms. The summed E-state index contributed by atoms with van der Waals surface area (Å²) < 4.78 is 27.0. The topological polar surface area (TPSA) is 49.8 Å². The van der Waals surface area contributed by atoms with Crippen molar-refractivity contribution in [1.29, 1.82) is 0 Å². The van der Waals surface area contributed by atoms with E-state index in [4.69, 9.17) is 18.9 Å². The monoisotopic (exact) mass is 341 g/mol. The Morgan fingerprint density at radius 3 is 2.46 bits per heavy atom. The molecule has 0 amide bonds. The van der Waals surface area contributed by atoms with Crippen LogP contribution in [0.2, 0.25) is 0 Å². The van der Waals surface area contributed by atoms with E-state index in [0.29, 0.717) is 23.0 Å². The van der Waals surface area contributed by atoms with Crippen molar-refractivity contribution in [3.8, 4) is 51.1 Å². The molecule has 2 heterocycles. The molecule has 122 valence electrons. The molecule has 2 aromatic carbocycles. The molecule has 0 saturated carbocycles. The van der Waals surface area contributed by atoms with Crippen molar-refractivity contribution in [1.82, 2.24) is 4.37 Å². The zero-order valence-electron chi connectivity index (χ0n) is 13.5. The van der Waals surface area contributed by atoms with Crippen LogP contribution < -0.4 is 18.9 Å². The average molecular weight is 341 g/mol. The number of nitrogens with zero attached hydrogens (tertiary/aromatic N) is 1. The Hall–Kier alpha value is -2.73. The highest BCUT2D eigenvalue weighted by Crippen LogP contribution is 2.52.